The first-order chi connectivity index (χ1) is 10.2. The normalized spacial score (nSPS) is 11.1. The van der Waals surface area contributed by atoms with Gasteiger partial charge in [0.15, 0.2) is 0 Å². The van der Waals surface area contributed by atoms with Gasteiger partial charge in [0.05, 0.1) is 21.8 Å². The van der Waals surface area contributed by atoms with Crippen LogP contribution in [0.3, 0.4) is 0 Å². The molecule has 104 valence electrons. The van der Waals surface area contributed by atoms with E-state index >= 15 is 0 Å². The van der Waals surface area contributed by atoms with Gasteiger partial charge in [0.25, 0.3) is 0 Å². The van der Waals surface area contributed by atoms with Crippen molar-refractivity contribution in [1.82, 2.24) is 4.98 Å². The van der Waals surface area contributed by atoms with E-state index in [1.165, 1.54) is 0 Å². The van der Waals surface area contributed by atoms with E-state index in [4.69, 9.17) is 23.2 Å². The highest BCUT2D eigenvalue weighted by Gasteiger charge is 2.02. The maximum atomic E-state index is 6.07. The Morgan fingerprint density at radius 3 is 2.48 bits per heavy atom. The summed E-state index contributed by atoms with van der Waals surface area (Å²) in [4.78, 5) is 4.46. The summed E-state index contributed by atoms with van der Waals surface area (Å²) in [6.45, 7) is 0. The van der Waals surface area contributed by atoms with Gasteiger partial charge in [-0.25, -0.2) is 4.98 Å². The topological polar surface area (TPSA) is 37.3 Å². The van der Waals surface area contributed by atoms with Crippen LogP contribution in [0.4, 0.5) is 5.82 Å². The Bertz CT molecular complexity index is 795. The molecule has 1 aromatic heterocycles. The van der Waals surface area contributed by atoms with Crippen molar-refractivity contribution >= 4 is 46.1 Å². The molecule has 0 fully saturated rings. The zero-order valence-corrected chi connectivity index (χ0v) is 12.4. The summed E-state index contributed by atoms with van der Waals surface area (Å²) in [5.41, 5.74) is 4.47. The van der Waals surface area contributed by atoms with Crippen LogP contribution >= 0.6 is 23.2 Å². The van der Waals surface area contributed by atoms with E-state index in [2.05, 4.69) is 15.5 Å². The number of anilines is 1. The first kappa shape index (κ1) is 13.9. The van der Waals surface area contributed by atoms with Gasteiger partial charge < -0.3 is 0 Å². The minimum absolute atomic E-state index is 0.555. The second kappa shape index (κ2) is 6.12. The second-order valence-electron chi connectivity index (χ2n) is 4.39. The zero-order valence-electron chi connectivity index (χ0n) is 10.9. The van der Waals surface area contributed by atoms with E-state index in [-0.39, 0.29) is 0 Å². The zero-order chi connectivity index (χ0) is 14.7. The minimum atomic E-state index is 0.555. The highest BCUT2D eigenvalue weighted by molar-refractivity contribution is 6.38. The molecule has 0 aliphatic carbocycles. The molecular weight excluding hydrogens is 305 g/mol. The quantitative estimate of drug-likeness (QED) is 0.546. The Hall–Kier alpha value is -2.10. The summed E-state index contributed by atoms with van der Waals surface area (Å²) in [6, 6.07) is 17.1. The van der Waals surface area contributed by atoms with Gasteiger partial charge in [0, 0.05) is 10.9 Å². The summed E-state index contributed by atoms with van der Waals surface area (Å²) < 4.78 is 0. The first-order valence-corrected chi connectivity index (χ1v) is 7.08. The third-order valence-electron chi connectivity index (χ3n) is 2.97. The molecule has 3 nitrogen and oxygen atoms in total. The summed E-state index contributed by atoms with van der Waals surface area (Å²) in [7, 11) is 0. The number of benzene rings is 2. The van der Waals surface area contributed by atoms with Crippen LogP contribution in [-0.2, 0) is 0 Å². The Morgan fingerprint density at radius 1 is 0.905 bits per heavy atom. The summed E-state index contributed by atoms with van der Waals surface area (Å²) in [5.74, 6) is 0.660. The molecule has 3 rings (SSSR count). The highest BCUT2D eigenvalue weighted by Crippen LogP contribution is 2.22. The average molecular weight is 316 g/mol. The van der Waals surface area contributed by atoms with Gasteiger partial charge in [-0.3, -0.25) is 5.43 Å². The monoisotopic (exact) mass is 315 g/mol. The van der Waals surface area contributed by atoms with Crippen LogP contribution in [0.15, 0.2) is 59.7 Å². The molecule has 0 radical (unpaired) electrons. The van der Waals surface area contributed by atoms with Crippen LogP contribution < -0.4 is 5.43 Å². The van der Waals surface area contributed by atoms with Crippen LogP contribution in [0.5, 0.6) is 0 Å². The molecule has 0 amide bonds. The number of aromatic nitrogens is 1. The minimum Gasteiger partial charge on any atom is -0.261 e. The smallest absolute Gasteiger partial charge is 0.146 e. The number of hydrogen-bond acceptors (Lipinski definition) is 3. The SMILES string of the molecule is Clc1cccc(Cl)c1/C=N/Nc1ccc2ccccc2n1. The molecule has 1 heterocycles. The molecule has 1 N–H and O–H groups in total. The van der Waals surface area contributed by atoms with Crippen molar-refractivity contribution in [2.45, 2.75) is 0 Å². The van der Waals surface area contributed by atoms with Crippen LogP contribution in [0.2, 0.25) is 10.0 Å². The van der Waals surface area contributed by atoms with Gasteiger partial charge in [-0.2, -0.15) is 5.10 Å². The summed E-state index contributed by atoms with van der Waals surface area (Å²) in [6.07, 6.45) is 1.58. The molecule has 0 saturated heterocycles. The van der Waals surface area contributed by atoms with E-state index in [1.54, 1.807) is 24.4 Å². The maximum absolute atomic E-state index is 6.07. The predicted molar refractivity (Wildman–Crippen MR) is 89.4 cm³/mol. The molecule has 21 heavy (non-hydrogen) atoms. The molecule has 2 aromatic carbocycles. The van der Waals surface area contributed by atoms with E-state index in [0.29, 0.717) is 21.4 Å². The largest absolute Gasteiger partial charge is 0.261 e. The number of pyridine rings is 1. The third kappa shape index (κ3) is 3.15. The number of nitrogens with one attached hydrogen (secondary N) is 1. The molecule has 0 bridgehead atoms. The molecule has 0 saturated carbocycles. The Morgan fingerprint density at radius 2 is 1.67 bits per heavy atom. The lowest BCUT2D eigenvalue weighted by Crippen LogP contribution is -1.94. The fourth-order valence-corrected chi connectivity index (χ4v) is 2.42. The molecule has 0 aliphatic heterocycles. The van der Waals surface area contributed by atoms with E-state index < -0.39 is 0 Å². The third-order valence-corrected chi connectivity index (χ3v) is 3.63. The van der Waals surface area contributed by atoms with Gasteiger partial charge in [0.2, 0.25) is 0 Å². The number of rotatable bonds is 3. The van der Waals surface area contributed by atoms with E-state index in [0.717, 1.165) is 10.9 Å². The lowest BCUT2D eigenvalue weighted by molar-refractivity contribution is 1.26. The van der Waals surface area contributed by atoms with Gasteiger partial charge in [-0.05, 0) is 30.3 Å². The number of hydrogen-bond donors (Lipinski definition) is 1. The van der Waals surface area contributed by atoms with Crippen LogP contribution in [0.25, 0.3) is 10.9 Å². The van der Waals surface area contributed by atoms with Crippen LogP contribution in [-0.4, -0.2) is 11.2 Å². The predicted octanol–water partition coefficient (Wildman–Crippen LogP) is 4.99. The Labute approximate surface area is 132 Å². The van der Waals surface area contributed by atoms with Gasteiger partial charge in [-0.1, -0.05) is 47.5 Å². The molecule has 3 aromatic rings. The fourth-order valence-electron chi connectivity index (χ4n) is 1.93. The van der Waals surface area contributed by atoms with Crippen molar-refractivity contribution in [3.8, 4) is 0 Å². The fraction of sp³-hybridized carbons (Fsp3) is 0. The van der Waals surface area contributed by atoms with Gasteiger partial charge in [0.1, 0.15) is 5.82 Å². The molecule has 0 unspecified atom stereocenters. The Balaban J connectivity index is 1.81. The number of hydrazone groups is 1. The van der Waals surface area contributed by atoms with Crippen molar-refractivity contribution in [2.24, 2.45) is 5.10 Å². The van der Waals surface area contributed by atoms with Gasteiger partial charge in [-0.15, -0.1) is 0 Å². The molecule has 0 atom stereocenters. The van der Waals surface area contributed by atoms with Crippen molar-refractivity contribution in [3.63, 3.8) is 0 Å². The van der Waals surface area contributed by atoms with Crippen LogP contribution in [0, 0.1) is 0 Å². The van der Waals surface area contributed by atoms with Crippen molar-refractivity contribution in [3.05, 3.63) is 70.2 Å². The molecule has 0 aliphatic rings. The molecular formula is C16H11Cl2N3. The average Bonchev–Trinajstić information content (AvgIpc) is 2.50. The van der Waals surface area contributed by atoms with E-state index in [1.807, 2.05) is 36.4 Å². The van der Waals surface area contributed by atoms with E-state index in [9.17, 15) is 0 Å². The first-order valence-electron chi connectivity index (χ1n) is 6.33. The van der Waals surface area contributed by atoms with Crippen molar-refractivity contribution < 1.29 is 0 Å². The number of fused-ring (bicyclic) bond motifs is 1. The number of para-hydroxylation sites is 1. The lowest BCUT2D eigenvalue weighted by Gasteiger charge is -2.03. The summed E-state index contributed by atoms with van der Waals surface area (Å²) >= 11 is 12.1. The number of nitrogens with zero attached hydrogens (tertiary/aromatic N) is 2. The van der Waals surface area contributed by atoms with Crippen molar-refractivity contribution in [2.75, 3.05) is 5.43 Å². The Kier molecular flexibility index (Phi) is 4.04. The number of halogens is 2. The molecule has 0 spiro atoms. The lowest BCUT2D eigenvalue weighted by atomic mass is 10.2. The maximum Gasteiger partial charge on any atom is 0.146 e. The van der Waals surface area contributed by atoms with Crippen LogP contribution in [0.1, 0.15) is 5.56 Å². The molecule has 5 heteroatoms. The van der Waals surface area contributed by atoms with Crippen molar-refractivity contribution in [1.29, 1.82) is 0 Å². The highest BCUT2D eigenvalue weighted by atomic mass is 35.5. The second-order valence-corrected chi connectivity index (χ2v) is 5.21. The van der Waals surface area contributed by atoms with Gasteiger partial charge >= 0.3 is 0 Å². The standard InChI is InChI=1S/C16H11Cl2N3/c17-13-5-3-6-14(18)12(13)10-19-21-16-9-8-11-4-1-2-7-15(11)20-16/h1-10H,(H,20,21)/b19-10+. The summed E-state index contributed by atoms with van der Waals surface area (Å²) in [5, 5.41) is 6.33.